The minimum absolute atomic E-state index is 0.564. The van der Waals surface area contributed by atoms with E-state index in [4.69, 9.17) is 0 Å². The first-order valence-electron chi connectivity index (χ1n) is 6.58. The average Bonchev–Trinajstić information content (AvgIpc) is 2.40. The van der Waals surface area contributed by atoms with Crippen molar-refractivity contribution in [3.63, 3.8) is 0 Å². The van der Waals surface area contributed by atoms with Gasteiger partial charge in [-0.25, -0.2) is 0 Å². The summed E-state index contributed by atoms with van der Waals surface area (Å²) < 4.78 is 0. The van der Waals surface area contributed by atoms with Crippen LogP contribution in [0.1, 0.15) is 47.0 Å². The van der Waals surface area contributed by atoms with Crippen molar-refractivity contribution in [3.05, 3.63) is 12.2 Å². The van der Waals surface area contributed by atoms with E-state index in [-0.39, 0.29) is 0 Å². The van der Waals surface area contributed by atoms with Crippen molar-refractivity contribution in [3.8, 4) is 0 Å². The van der Waals surface area contributed by atoms with Crippen molar-refractivity contribution < 1.29 is 0 Å². The summed E-state index contributed by atoms with van der Waals surface area (Å²) in [4.78, 5) is 0. The largest absolute Gasteiger partial charge is 0.0874 e. The summed E-state index contributed by atoms with van der Waals surface area (Å²) in [6, 6.07) is 0. The van der Waals surface area contributed by atoms with Crippen molar-refractivity contribution in [2.45, 2.75) is 47.0 Å². The lowest BCUT2D eigenvalue weighted by Crippen LogP contribution is -2.33. The van der Waals surface area contributed by atoms with Gasteiger partial charge in [-0.3, -0.25) is 0 Å². The van der Waals surface area contributed by atoms with Crippen molar-refractivity contribution in [2.75, 3.05) is 0 Å². The summed E-state index contributed by atoms with van der Waals surface area (Å²) in [5.74, 6) is 2.06. The van der Waals surface area contributed by atoms with Gasteiger partial charge in [0.25, 0.3) is 0 Å². The minimum Gasteiger partial charge on any atom is -0.0874 e. The number of hydrogen-bond acceptors (Lipinski definition) is 0. The van der Waals surface area contributed by atoms with Crippen molar-refractivity contribution in [1.29, 1.82) is 0 Å². The number of rotatable bonds is 0. The average molecular weight is 202 g/mol. The molecule has 4 saturated carbocycles. The molecular weight excluding hydrogens is 180 g/mol. The van der Waals surface area contributed by atoms with Gasteiger partial charge in [0, 0.05) is 5.41 Å². The van der Waals surface area contributed by atoms with Crippen LogP contribution in [0.4, 0.5) is 0 Å². The molecule has 0 N–H and O–H groups in total. The van der Waals surface area contributed by atoms with Gasteiger partial charge in [-0.1, -0.05) is 39.8 Å². The predicted molar refractivity (Wildman–Crippen MR) is 62.4 cm³/mol. The lowest BCUT2D eigenvalue weighted by Gasteiger charge is -2.40. The van der Waals surface area contributed by atoms with E-state index in [0.29, 0.717) is 21.7 Å². The Morgan fingerprint density at radius 1 is 1.13 bits per heavy atom. The molecule has 5 aliphatic carbocycles. The van der Waals surface area contributed by atoms with Crippen molar-refractivity contribution in [2.24, 2.45) is 33.5 Å². The molecule has 4 unspecified atom stereocenters. The highest BCUT2D eigenvalue weighted by Gasteiger charge is 2.92. The van der Waals surface area contributed by atoms with Crippen LogP contribution >= 0.6 is 0 Å². The Morgan fingerprint density at radius 3 is 2.47 bits per heavy atom. The first-order valence-corrected chi connectivity index (χ1v) is 6.58. The molecule has 0 nitrogen and oxygen atoms in total. The van der Waals surface area contributed by atoms with Crippen molar-refractivity contribution >= 4 is 0 Å². The van der Waals surface area contributed by atoms with Crippen LogP contribution in [0.5, 0.6) is 0 Å². The summed E-state index contributed by atoms with van der Waals surface area (Å²) >= 11 is 0. The zero-order chi connectivity index (χ0) is 10.7. The van der Waals surface area contributed by atoms with Crippen LogP contribution in [0.3, 0.4) is 0 Å². The third-order valence-corrected chi connectivity index (χ3v) is 7.19. The van der Waals surface area contributed by atoms with E-state index in [2.05, 4.69) is 39.8 Å². The fraction of sp³-hybridized carbons (Fsp3) is 0.867. The molecule has 0 aromatic carbocycles. The van der Waals surface area contributed by atoms with Gasteiger partial charge in [0.1, 0.15) is 0 Å². The van der Waals surface area contributed by atoms with Crippen LogP contribution in [-0.4, -0.2) is 0 Å². The molecule has 5 rings (SSSR count). The van der Waals surface area contributed by atoms with Crippen LogP contribution in [-0.2, 0) is 0 Å². The monoisotopic (exact) mass is 202 g/mol. The van der Waals surface area contributed by atoms with E-state index in [1.54, 1.807) is 0 Å². The molecule has 5 aliphatic rings. The van der Waals surface area contributed by atoms with Crippen LogP contribution < -0.4 is 0 Å². The summed E-state index contributed by atoms with van der Waals surface area (Å²) in [5, 5.41) is 0. The molecule has 0 aromatic rings. The second-order valence-corrected chi connectivity index (χ2v) is 7.74. The second kappa shape index (κ2) is 1.85. The smallest absolute Gasteiger partial charge is 0.00343 e. The highest BCUT2D eigenvalue weighted by Crippen LogP contribution is 2.98. The molecular formula is C15H22. The van der Waals surface area contributed by atoms with E-state index in [1.807, 2.05) is 0 Å². The van der Waals surface area contributed by atoms with Gasteiger partial charge < -0.3 is 0 Å². The first-order chi connectivity index (χ1) is 6.90. The molecule has 0 heteroatoms. The maximum absolute atomic E-state index is 2.63. The van der Waals surface area contributed by atoms with Crippen LogP contribution in [0.2, 0.25) is 0 Å². The summed E-state index contributed by atoms with van der Waals surface area (Å²) in [6.07, 6.45) is 9.50. The molecule has 15 heavy (non-hydrogen) atoms. The van der Waals surface area contributed by atoms with E-state index < -0.39 is 0 Å². The van der Waals surface area contributed by atoms with Gasteiger partial charge in [0.05, 0.1) is 0 Å². The molecule has 4 fully saturated rings. The zero-order valence-electron chi connectivity index (χ0n) is 10.4. The molecule has 0 aliphatic heterocycles. The summed E-state index contributed by atoms with van der Waals surface area (Å²) in [6.45, 7) is 10.1. The fourth-order valence-corrected chi connectivity index (χ4v) is 6.52. The standard InChI is InChI=1S/C15H22/c1-12(2)6-5-7-14-11-8-10(13(14,3)4)9-15(11,12)14/h5,7,10-11H,6,8-9H2,1-4H3. The molecule has 0 saturated heterocycles. The van der Waals surface area contributed by atoms with Crippen LogP contribution in [0.15, 0.2) is 12.2 Å². The fourth-order valence-electron chi connectivity index (χ4n) is 6.52. The van der Waals surface area contributed by atoms with E-state index in [1.165, 1.54) is 19.3 Å². The maximum atomic E-state index is 2.63. The predicted octanol–water partition coefficient (Wildman–Crippen LogP) is 4.02. The Labute approximate surface area is 93.1 Å². The van der Waals surface area contributed by atoms with Gasteiger partial charge in [-0.15, -0.1) is 0 Å². The third kappa shape index (κ3) is 0.531. The molecule has 4 atom stereocenters. The Kier molecular flexibility index (Phi) is 1.09. The third-order valence-electron chi connectivity index (χ3n) is 7.19. The van der Waals surface area contributed by atoms with Gasteiger partial charge >= 0.3 is 0 Å². The Balaban J connectivity index is 2.00. The van der Waals surface area contributed by atoms with Crippen LogP contribution in [0, 0.1) is 33.5 Å². The normalized spacial score (nSPS) is 60.5. The molecule has 0 heterocycles. The number of hydrogen-bond donors (Lipinski definition) is 0. The molecule has 0 aromatic heterocycles. The highest BCUT2D eigenvalue weighted by atomic mass is 15.0. The molecule has 82 valence electrons. The number of allylic oxidation sites excluding steroid dienone is 2. The SMILES string of the molecule is CC1(C)CC=CC23C4CC(CC412)C3(C)C. The van der Waals surface area contributed by atoms with Gasteiger partial charge in [0.2, 0.25) is 0 Å². The van der Waals surface area contributed by atoms with Gasteiger partial charge in [-0.05, 0) is 47.3 Å². The maximum Gasteiger partial charge on any atom is 0.00343 e. The lowest BCUT2D eigenvalue weighted by atomic mass is 9.64. The quantitative estimate of drug-likeness (QED) is 0.520. The Hall–Kier alpha value is -0.260. The van der Waals surface area contributed by atoms with E-state index in [0.717, 1.165) is 11.8 Å². The van der Waals surface area contributed by atoms with Gasteiger partial charge in [0.15, 0.2) is 0 Å². The molecule has 0 amide bonds. The van der Waals surface area contributed by atoms with Gasteiger partial charge in [-0.2, -0.15) is 0 Å². The first kappa shape index (κ1) is 8.84. The second-order valence-electron chi connectivity index (χ2n) is 7.74. The summed E-state index contributed by atoms with van der Waals surface area (Å²) in [5.41, 5.74) is 2.48. The highest BCUT2D eigenvalue weighted by molar-refractivity contribution is 5.46. The zero-order valence-corrected chi connectivity index (χ0v) is 10.4. The molecule has 0 radical (unpaired) electrons. The van der Waals surface area contributed by atoms with E-state index >= 15 is 0 Å². The topological polar surface area (TPSA) is 0 Å². The molecule has 4 bridgehead atoms. The lowest BCUT2D eigenvalue weighted by molar-refractivity contribution is 0.126. The van der Waals surface area contributed by atoms with E-state index in [9.17, 15) is 0 Å². The summed E-state index contributed by atoms with van der Waals surface area (Å²) in [7, 11) is 0. The van der Waals surface area contributed by atoms with Crippen molar-refractivity contribution in [1.82, 2.24) is 0 Å². The Morgan fingerprint density at radius 2 is 1.87 bits per heavy atom. The molecule has 2 spiro atoms. The minimum atomic E-state index is 0.564. The Bertz CT molecular complexity index is 387. The van der Waals surface area contributed by atoms with Crippen LogP contribution in [0.25, 0.3) is 0 Å².